The molecule has 0 N–H and O–H groups in total. The minimum atomic E-state index is -4.37. The van der Waals surface area contributed by atoms with Gasteiger partial charge in [-0.15, -0.1) is 0 Å². The highest BCUT2D eigenvalue weighted by molar-refractivity contribution is 5.97. The maximum Gasteiger partial charge on any atom is 0.392 e. The van der Waals surface area contributed by atoms with Crippen LogP contribution >= 0.6 is 0 Å². The number of aliphatic imine (C=N–C) groups is 1. The van der Waals surface area contributed by atoms with Crippen molar-refractivity contribution in [2.24, 2.45) is 16.8 Å². The molecular formula is C17H17F4N3O. The lowest BCUT2D eigenvalue weighted by atomic mass is 10.0. The molecule has 5 atom stereocenters. The minimum absolute atomic E-state index is 0.138. The molecular weight excluding hydrogens is 338 g/mol. The topological polar surface area (TPSA) is 35.9 Å². The fourth-order valence-electron chi connectivity index (χ4n) is 3.82. The van der Waals surface area contributed by atoms with Crippen molar-refractivity contribution in [3.05, 3.63) is 35.9 Å². The third-order valence-corrected chi connectivity index (χ3v) is 5.20. The van der Waals surface area contributed by atoms with E-state index in [0.717, 1.165) is 5.56 Å². The lowest BCUT2D eigenvalue weighted by Gasteiger charge is -2.32. The van der Waals surface area contributed by atoms with Crippen molar-refractivity contribution in [3.63, 3.8) is 0 Å². The van der Waals surface area contributed by atoms with Crippen molar-refractivity contribution in [1.29, 1.82) is 0 Å². The molecule has 25 heavy (non-hydrogen) atoms. The zero-order valence-electron chi connectivity index (χ0n) is 13.4. The highest BCUT2D eigenvalue weighted by Crippen LogP contribution is 2.52. The highest BCUT2D eigenvalue weighted by Gasteiger charge is 2.61. The summed E-state index contributed by atoms with van der Waals surface area (Å²) in [6.45, 7) is 0. The standard InChI is InChI=1S/C17H17F4N3O/c1-23-16(14(25)10-7-11(10)17(19,20)21)22-15-12(18)8-13(24(15)23)9-5-3-2-4-6-9/h2-6,10-13,16H,7-8H2,1H3/t10?,11?,12-,13-,16?/m0/s1. The van der Waals surface area contributed by atoms with Gasteiger partial charge in [-0.1, -0.05) is 30.3 Å². The quantitative estimate of drug-likeness (QED) is 0.782. The molecule has 0 radical (unpaired) electrons. The van der Waals surface area contributed by atoms with Crippen LogP contribution in [0.3, 0.4) is 0 Å². The van der Waals surface area contributed by atoms with Crippen LogP contribution in [-0.2, 0) is 4.79 Å². The van der Waals surface area contributed by atoms with E-state index in [1.54, 1.807) is 12.1 Å². The summed E-state index contributed by atoms with van der Waals surface area (Å²) >= 11 is 0. The molecule has 1 aromatic rings. The van der Waals surface area contributed by atoms with Gasteiger partial charge in [-0.3, -0.25) is 9.80 Å². The molecule has 1 saturated carbocycles. The van der Waals surface area contributed by atoms with Gasteiger partial charge in [-0.05, 0) is 12.0 Å². The zero-order valence-corrected chi connectivity index (χ0v) is 13.4. The van der Waals surface area contributed by atoms with Crippen molar-refractivity contribution in [2.75, 3.05) is 7.05 Å². The number of alkyl halides is 4. The summed E-state index contributed by atoms with van der Waals surface area (Å²) in [4.78, 5) is 16.6. The Morgan fingerprint density at radius 2 is 1.88 bits per heavy atom. The number of likely N-dealkylation sites (N-methyl/N-ethyl adjacent to an activating group) is 1. The van der Waals surface area contributed by atoms with Gasteiger partial charge in [0.05, 0.1) is 12.0 Å². The molecule has 2 aliphatic heterocycles. The second-order valence-corrected chi connectivity index (χ2v) is 6.80. The first kappa shape index (κ1) is 16.5. The van der Waals surface area contributed by atoms with Crippen molar-refractivity contribution < 1.29 is 22.4 Å². The first-order valence-electron chi connectivity index (χ1n) is 8.18. The number of hydrogen-bond donors (Lipinski definition) is 0. The third kappa shape index (κ3) is 2.63. The molecule has 1 aromatic carbocycles. The van der Waals surface area contributed by atoms with Gasteiger partial charge in [0.1, 0.15) is 0 Å². The van der Waals surface area contributed by atoms with Gasteiger partial charge in [-0.2, -0.15) is 18.2 Å². The molecule has 4 nitrogen and oxygen atoms in total. The molecule has 0 bridgehead atoms. The van der Waals surface area contributed by atoms with Gasteiger partial charge in [0.15, 0.2) is 24.0 Å². The molecule has 0 spiro atoms. The van der Waals surface area contributed by atoms with Crippen LogP contribution in [0.4, 0.5) is 17.6 Å². The van der Waals surface area contributed by atoms with Crippen LogP contribution in [0.5, 0.6) is 0 Å². The molecule has 3 aliphatic rings. The number of hydrogen-bond acceptors (Lipinski definition) is 4. The largest absolute Gasteiger partial charge is 0.392 e. The third-order valence-electron chi connectivity index (χ3n) is 5.20. The van der Waals surface area contributed by atoms with E-state index >= 15 is 0 Å². The Labute approximate surface area is 142 Å². The number of carbonyl (C=O) groups is 1. The van der Waals surface area contributed by atoms with E-state index < -0.39 is 36.1 Å². The molecule has 0 aromatic heterocycles. The van der Waals surface area contributed by atoms with Crippen LogP contribution in [0.2, 0.25) is 0 Å². The zero-order chi connectivity index (χ0) is 17.9. The molecule has 4 rings (SSSR count). The van der Waals surface area contributed by atoms with Crippen molar-refractivity contribution in [2.45, 2.75) is 37.4 Å². The number of rotatable bonds is 3. The Hall–Kier alpha value is -1.96. The summed E-state index contributed by atoms with van der Waals surface area (Å²) in [5, 5.41) is 3.11. The van der Waals surface area contributed by atoms with Crippen molar-refractivity contribution in [3.8, 4) is 0 Å². The second-order valence-electron chi connectivity index (χ2n) is 6.80. The average molecular weight is 355 g/mol. The van der Waals surface area contributed by atoms with E-state index in [2.05, 4.69) is 4.99 Å². The smallest absolute Gasteiger partial charge is 0.295 e. The first-order valence-corrected chi connectivity index (χ1v) is 8.18. The lowest BCUT2D eigenvalue weighted by molar-refractivity contribution is -0.156. The van der Waals surface area contributed by atoms with Crippen molar-refractivity contribution in [1.82, 2.24) is 10.0 Å². The number of benzene rings is 1. The first-order chi connectivity index (χ1) is 11.8. The van der Waals surface area contributed by atoms with E-state index in [1.165, 1.54) is 5.01 Å². The Morgan fingerprint density at radius 1 is 1.20 bits per heavy atom. The van der Waals surface area contributed by atoms with Crippen LogP contribution in [0.1, 0.15) is 24.4 Å². The predicted octanol–water partition coefficient (Wildman–Crippen LogP) is 3.12. The summed E-state index contributed by atoms with van der Waals surface area (Å²) in [5.74, 6) is -3.09. The second kappa shape index (κ2) is 5.52. The van der Waals surface area contributed by atoms with E-state index in [4.69, 9.17) is 0 Å². The Kier molecular flexibility index (Phi) is 3.64. The molecule has 2 fully saturated rings. The highest BCUT2D eigenvalue weighted by atomic mass is 19.4. The fourth-order valence-corrected chi connectivity index (χ4v) is 3.82. The number of ketones is 1. The summed E-state index contributed by atoms with van der Waals surface area (Å²) < 4.78 is 52.6. The van der Waals surface area contributed by atoms with Gasteiger partial charge >= 0.3 is 6.18 Å². The van der Waals surface area contributed by atoms with E-state index in [0.29, 0.717) is 0 Å². The predicted molar refractivity (Wildman–Crippen MR) is 82.2 cm³/mol. The number of carbonyl (C=O) groups excluding carboxylic acids is 1. The van der Waals surface area contributed by atoms with Crippen molar-refractivity contribution >= 4 is 11.6 Å². The normalized spacial score (nSPS) is 34.8. The summed E-state index contributed by atoms with van der Waals surface area (Å²) in [6, 6.07) is 8.96. The number of fused-ring (bicyclic) bond motifs is 1. The van der Waals surface area contributed by atoms with Crippen LogP contribution < -0.4 is 0 Å². The van der Waals surface area contributed by atoms with Gasteiger partial charge in [0, 0.05) is 19.4 Å². The molecule has 1 saturated heterocycles. The van der Waals surface area contributed by atoms with Crippen LogP contribution in [-0.4, -0.2) is 47.2 Å². The van der Waals surface area contributed by atoms with E-state index in [9.17, 15) is 22.4 Å². The lowest BCUT2D eigenvalue weighted by Crippen LogP contribution is -2.45. The maximum absolute atomic E-state index is 14.4. The molecule has 3 unspecified atom stereocenters. The van der Waals surface area contributed by atoms with Gasteiger partial charge in [0.2, 0.25) is 0 Å². The van der Waals surface area contributed by atoms with Gasteiger partial charge in [-0.25, -0.2) is 9.38 Å². The average Bonchev–Trinajstić information content (AvgIpc) is 3.23. The number of hydrazine groups is 1. The summed E-state index contributed by atoms with van der Waals surface area (Å²) in [6.07, 6.45) is -6.75. The number of halogens is 4. The SMILES string of the molecule is CN1C(C(=O)C2CC2C(F)(F)F)N=C2[C@@H](F)C[C@@H](c3ccccc3)N21. The molecule has 1 aliphatic carbocycles. The summed E-state index contributed by atoms with van der Waals surface area (Å²) in [7, 11) is 1.58. The van der Waals surface area contributed by atoms with Crippen LogP contribution in [0.15, 0.2) is 35.3 Å². The Bertz CT molecular complexity index is 720. The molecule has 2 heterocycles. The summed E-state index contributed by atoms with van der Waals surface area (Å²) in [5.41, 5.74) is 0.884. The van der Waals surface area contributed by atoms with Gasteiger partial charge in [0.25, 0.3) is 0 Å². The maximum atomic E-state index is 14.4. The molecule has 8 heteroatoms. The minimum Gasteiger partial charge on any atom is -0.295 e. The number of nitrogens with zero attached hydrogens (tertiary/aromatic N) is 3. The van der Waals surface area contributed by atoms with E-state index in [-0.39, 0.29) is 24.7 Å². The fraction of sp³-hybridized carbons (Fsp3) is 0.529. The van der Waals surface area contributed by atoms with Crippen LogP contribution in [0, 0.1) is 11.8 Å². The number of amidine groups is 1. The molecule has 134 valence electrons. The monoisotopic (exact) mass is 355 g/mol. The van der Waals surface area contributed by atoms with E-state index in [1.807, 2.05) is 30.3 Å². The van der Waals surface area contributed by atoms with Gasteiger partial charge < -0.3 is 0 Å². The Balaban J connectivity index is 1.56. The number of Topliss-reactive ketones (excluding diaryl/α,β-unsaturated/α-hetero) is 1. The Morgan fingerprint density at radius 3 is 2.48 bits per heavy atom. The molecule has 0 amide bonds. The van der Waals surface area contributed by atoms with Crippen LogP contribution in [0.25, 0.3) is 0 Å².